The molecule has 1 atom stereocenters. The zero-order valence-corrected chi connectivity index (χ0v) is 16.6. The van der Waals surface area contributed by atoms with Crippen LogP contribution < -0.4 is 4.90 Å². The standard InChI is InChI=1S/C20H26N6O2/c1-14(13-26-10-7-21-16(26)3)19(27)24-8-4-9-25(12-11-24)20-23-18-17(28-20)6-5-15(2)22-18/h5-7,10,14H,4,8-9,11-13H2,1-3H3. The number of rotatable bonds is 4. The van der Waals surface area contributed by atoms with Crippen LogP contribution in [-0.2, 0) is 11.3 Å². The fraction of sp³-hybridized carbons (Fsp3) is 0.500. The zero-order valence-electron chi connectivity index (χ0n) is 16.6. The third-order valence-corrected chi connectivity index (χ3v) is 5.28. The lowest BCUT2D eigenvalue weighted by molar-refractivity contribution is -0.135. The Balaban J connectivity index is 1.41. The lowest BCUT2D eigenvalue weighted by Gasteiger charge is -2.24. The lowest BCUT2D eigenvalue weighted by atomic mass is 10.1. The number of oxazole rings is 1. The van der Waals surface area contributed by atoms with E-state index in [0.29, 0.717) is 36.9 Å². The Morgan fingerprint density at radius 3 is 2.82 bits per heavy atom. The molecule has 3 aromatic rings. The van der Waals surface area contributed by atoms with Gasteiger partial charge in [0.1, 0.15) is 5.82 Å². The second-order valence-corrected chi connectivity index (χ2v) is 7.46. The summed E-state index contributed by atoms with van der Waals surface area (Å²) < 4.78 is 7.91. The van der Waals surface area contributed by atoms with Gasteiger partial charge in [-0.05, 0) is 32.4 Å². The molecule has 148 valence electrons. The molecule has 0 aromatic carbocycles. The molecule has 1 amide bonds. The number of amides is 1. The Bertz CT molecular complexity index is 978. The smallest absolute Gasteiger partial charge is 0.300 e. The van der Waals surface area contributed by atoms with Crippen molar-refractivity contribution in [3.63, 3.8) is 0 Å². The number of hydrogen-bond acceptors (Lipinski definition) is 6. The summed E-state index contributed by atoms with van der Waals surface area (Å²) >= 11 is 0. The number of aryl methyl sites for hydroxylation is 2. The van der Waals surface area contributed by atoms with Crippen LogP contribution >= 0.6 is 0 Å². The molecule has 1 saturated heterocycles. The molecule has 1 aliphatic rings. The van der Waals surface area contributed by atoms with E-state index in [9.17, 15) is 4.79 Å². The van der Waals surface area contributed by atoms with E-state index in [1.807, 2.05) is 48.6 Å². The van der Waals surface area contributed by atoms with Crippen molar-refractivity contribution < 1.29 is 9.21 Å². The summed E-state index contributed by atoms with van der Waals surface area (Å²) in [5.41, 5.74) is 2.25. The topological polar surface area (TPSA) is 80.3 Å². The molecular formula is C20H26N6O2. The number of pyridine rings is 1. The van der Waals surface area contributed by atoms with Crippen LogP contribution in [0.5, 0.6) is 0 Å². The summed E-state index contributed by atoms with van der Waals surface area (Å²) in [6.07, 6.45) is 4.58. The number of anilines is 1. The zero-order chi connectivity index (χ0) is 19.7. The molecule has 1 fully saturated rings. The predicted molar refractivity (Wildman–Crippen MR) is 106 cm³/mol. The van der Waals surface area contributed by atoms with Gasteiger partial charge in [-0.25, -0.2) is 9.97 Å². The Labute approximate surface area is 164 Å². The second kappa shape index (κ2) is 7.61. The average molecular weight is 382 g/mol. The third-order valence-electron chi connectivity index (χ3n) is 5.28. The molecule has 1 aliphatic heterocycles. The minimum absolute atomic E-state index is 0.0871. The fourth-order valence-corrected chi connectivity index (χ4v) is 3.65. The van der Waals surface area contributed by atoms with Crippen molar-refractivity contribution in [2.75, 3.05) is 31.1 Å². The number of hydrogen-bond donors (Lipinski definition) is 0. The molecule has 0 radical (unpaired) electrons. The van der Waals surface area contributed by atoms with E-state index in [0.717, 1.165) is 31.0 Å². The van der Waals surface area contributed by atoms with Crippen molar-refractivity contribution >= 4 is 23.2 Å². The highest BCUT2D eigenvalue weighted by molar-refractivity contribution is 5.78. The van der Waals surface area contributed by atoms with Gasteiger partial charge in [0.25, 0.3) is 6.01 Å². The molecule has 4 heterocycles. The summed E-state index contributed by atoms with van der Waals surface area (Å²) in [7, 11) is 0. The van der Waals surface area contributed by atoms with Crippen LogP contribution in [0.25, 0.3) is 11.2 Å². The van der Waals surface area contributed by atoms with Crippen LogP contribution in [0.1, 0.15) is 24.9 Å². The molecule has 0 N–H and O–H groups in total. The number of carbonyl (C=O) groups is 1. The molecular weight excluding hydrogens is 356 g/mol. The maximum atomic E-state index is 12.9. The van der Waals surface area contributed by atoms with E-state index in [4.69, 9.17) is 4.42 Å². The van der Waals surface area contributed by atoms with Crippen molar-refractivity contribution in [2.24, 2.45) is 5.92 Å². The minimum atomic E-state index is -0.0871. The number of nitrogens with zero attached hydrogens (tertiary/aromatic N) is 6. The van der Waals surface area contributed by atoms with Gasteiger partial charge in [0.2, 0.25) is 11.6 Å². The Morgan fingerprint density at radius 1 is 1.18 bits per heavy atom. The van der Waals surface area contributed by atoms with Crippen LogP contribution in [0, 0.1) is 19.8 Å². The monoisotopic (exact) mass is 382 g/mol. The Morgan fingerprint density at radius 2 is 2.04 bits per heavy atom. The van der Waals surface area contributed by atoms with Crippen LogP contribution in [0.2, 0.25) is 0 Å². The lowest BCUT2D eigenvalue weighted by Crippen LogP contribution is -2.39. The van der Waals surface area contributed by atoms with Crippen molar-refractivity contribution in [1.29, 1.82) is 0 Å². The van der Waals surface area contributed by atoms with Crippen molar-refractivity contribution in [1.82, 2.24) is 24.4 Å². The first kappa shape index (κ1) is 18.5. The van der Waals surface area contributed by atoms with Crippen LogP contribution in [0.4, 0.5) is 6.01 Å². The van der Waals surface area contributed by atoms with Crippen molar-refractivity contribution in [3.05, 3.63) is 36.0 Å². The molecule has 1 unspecified atom stereocenters. The predicted octanol–water partition coefficient (Wildman–Crippen LogP) is 2.41. The SMILES string of the molecule is Cc1ccc2oc(N3CCCN(C(=O)C(C)Cn4ccnc4C)CC3)nc2n1. The van der Waals surface area contributed by atoms with Gasteiger partial charge < -0.3 is 18.8 Å². The molecule has 0 spiro atoms. The Hall–Kier alpha value is -2.90. The van der Waals surface area contributed by atoms with Gasteiger partial charge in [-0.1, -0.05) is 6.92 Å². The fourth-order valence-electron chi connectivity index (χ4n) is 3.65. The summed E-state index contributed by atoms with van der Waals surface area (Å²) in [4.78, 5) is 30.2. The van der Waals surface area contributed by atoms with E-state index in [1.165, 1.54) is 0 Å². The summed E-state index contributed by atoms with van der Waals surface area (Å²) in [6, 6.07) is 4.41. The van der Waals surface area contributed by atoms with Gasteiger partial charge in [0.05, 0.1) is 5.92 Å². The van der Waals surface area contributed by atoms with E-state index >= 15 is 0 Å². The Kier molecular flexibility index (Phi) is 5.02. The molecule has 0 bridgehead atoms. The van der Waals surface area contributed by atoms with Gasteiger partial charge in [-0.15, -0.1) is 0 Å². The first-order chi connectivity index (χ1) is 13.5. The second-order valence-electron chi connectivity index (χ2n) is 7.46. The van der Waals surface area contributed by atoms with Crippen LogP contribution in [-0.4, -0.2) is 56.5 Å². The highest BCUT2D eigenvalue weighted by Crippen LogP contribution is 2.22. The molecule has 8 nitrogen and oxygen atoms in total. The van der Waals surface area contributed by atoms with Gasteiger partial charge >= 0.3 is 0 Å². The van der Waals surface area contributed by atoms with Crippen molar-refractivity contribution in [2.45, 2.75) is 33.7 Å². The molecule has 8 heteroatoms. The number of imidazole rings is 1. The van der Waals surface area contributed by atoms with E-state index in [2.05, 4.69) is 19.9 Å². The maximum Gasteiger partial charge on any atom is 0.300 e. The van der Waals surface area contributed by atoms with Crippen molar-refractivity contribution in [3.8, 4) is 0 Å². The van der Waals surface area contributed by atoms with Crippen LogP contribution in [0.3, 0.4) is 0 Å². The molecule has 3 aromatic heterocycles. The molecule has 0 aliphatic carbocycles. The number of aromatic nitrogens is 4. The van der Waals surface area contributed by atoms with Crippen LogP contribution in [0.15, 0.2) is 28.9 Å². The van der Waals surface area contributed by atoms with Gasteiger partial charge in [0, 0.05) is 50.8 Å². The average Bonchev–Trinajstić information content (AvgIpc) is 3.18. The summed E-state index contributed by atoms with van der Waals surface area (Å²) in [6.45, 7) is 9.46. The number of fused-ring (bicyclic) bond motifs is 1. The summed E-state index contributed by atoms with van der Waals surface area (Å²) in [5.74, 6) is 1.03. The highest BCUT2D eigenvalue weighted by atomic mass is 16.4. The minimum Gasteiger partial charge on any atom is -0.422 e. The van der Waals surface area contributed by atoms with Gasteiger partial charge in [-0.2, -0.15) is 4.98 Å². The van der Waals surface area contributed by atoms with E-state index < -0.39 is 0 Å². The largest absolute Gasteiger partial charge is 0.422 e. The normalized spacial score (nSPS) is 16.4. The first-order valence-electron chi connectivity index (χ1n) is 9.77. The molecule has 0 saturated carbocycles. The molecule has 28 heavy (non-hydrogen) atoms. The maximum absolute atomic E-state index is 12.9. The summed E-state index contributed by atoms with van der Waals surface area (Å²) in [5, 5.41) is 0. The molecule has 4 rings (SSSR count). The third kappa shape index (κ3) is 3.72. The van der Waals surface area contributed by atoms with E-state index in [1.54, 1.807) is 6.20 Å². The quantitative estimate of drug-likeness (QED) is 0.689. The number of carbonyl (C=O) groups excluding carboxylic acids is 1. The van der Waals surface area contributed by atoms with Gasteiger partial charge in [0.15, 0.2) is 5.58 Å². The first-order valence-corrected chi connectivity index (χ1v) is 9.77. The van der Waals surface area contributed by atoms with E-state index in [-0.39, 0.29) is 11.8 Å². The van der Waals surface area contributed by atoms with Gasteiger partial charge in [-0.3, -0.25) is 4.79 Å². The highest BCUT2D eigenvalue weighted by Gasteiger charge is 2.25.